The highest BCUT2D eigenvalue weighted by atomic mass is 15.0. The van der Waals surface area contributed by atoms with Crippen LogP contribution in [-0.2, 0) is 0 Å². The molecule has 1 N–H and O–H groups in total. The van der Waals surface area contributed by atoms with E-state index in [1.165, 1.54) is 6.20 Å². The van der Waals surface area contributed by atoms with Crippen molar-refractivity contribution in [3.05, 3.63) is 18.1 Å². The minimum Gasteiger partial charge on any atom is -0.366 e. The molecule has 0 spiro atoms. The lowest BCUT2D eigenvalue weighted by Gasteiger charge is -2.15. The van der Waals surface area contributed by atoms with E-state index >= 15 is 0 Å². The number of hydrogen-bond acceptors (Lipinski definition) is 4. The van der Waals surface area contributed by atoms with Crippen LogP contribution in [0.2, 0.25) is 0 Å². The van der Waals surface area contributed by atoms with E-state index in [1.807, 2.05) is 6.07 Å². The SMILES string of the molecule is CCCC(CC)Nc1cnc(C#N)cn1. The Morgan fingerprint density at radius 2 is 2.20 bits per heavy atom. The van der Waals surface area contributed by atoms with E-state index in [0.29, 0.717) is 11.7 Å². The first kappa shape index (κ1) is 11.4. The van der Waals surface area contributed by atoms with Gasteiger partial charge in [0, 0.05) is 6.04 Å². The molecule has 80 valence electrons. The van der Waals surface area contributed by atoms with E-state index in [9.17, 15) is 0 Å². The van der Waals surface area contributed by atoms with Crippen molar-refractivity contribution < 1.29 is 0 Å². The molecule has 0 aliphatic heterocycles. The Morgan fingerprint density at radius 1 is 1.40 bits per heavy atom. The molecule has 1 rings (SSSR count). The number of hydrogen-bond donors (Lipinski definition) is 1. The molecule has 0 fully saturated rings. The van der Waals surface area contributed by atoms with Gasteiger partial charge in [-0.25, -0.2) is 9.97 Å². The first-order valence-electron chi connectivity index (χ1n) is 5.28. The molecule has 0 bridgehead atoms. The van der Waals surface area contributed by atoms with Crippen molar-refractivity contribution >= 4 is 5.82 Å². The maximum atomic E-state index is 8.57. The van der Waals surface area contributed by atoms with Crippen LogP contribution in [0.4, 0.5) is 5.82 Å². The molecule has 1 atom stereocenters. The minimum atomic E-state index is 0.351. The van der Waals surface area contributed by atoms with Crippen molar-refractivity contribution in [2.45, 2.75) is 39.2 Å². The second-order valence-electron chi connectivity index (χ2n) is 3.44. The van der Waals surface area contributed by atoms with Gasteiger partial charge in [0.15, 0.2) is 5.69 Å². The van der Waals surface area contributed by atoms with E-state index in [-0.39, 0.29) is 0 Å². The lowest BCUT2D eigenvalue weighted by Crippen LogP contribution is -2.18. The van der Waals surface area contributed by atoms with Gasteiger partial charge < -0.3 is 5.32 Å². The van der Waals surface area contributed by atoms with Gasteiger partial charge in [-0.2, -0.15) is 5.26 Å². The van der Waals surface area contributed by atoms with Crippen molar-refractivity contribution in [2.24, 2.45) is 0 Å². The topological polar surface area (TPSA) is 61.6 Å². The Kier molecular flexibility index (Phi) is 4.55. The van der Waals surface area contributed by atoms with Gasteiger partial charge in [-0.15, -0.1) is 0 Å². The van der Waals surface area contributed by atoms with Gasteiger partial charge in [0.25, 0.3) is 0 Å². The summed E-state index contributed by atoms with van der Waals surface area (Å²) in [5.74, 6) is 0.745. The van der Waals surface area contributed by atoms with E-state index < -0.39 is 0 Å². The maximum absolute atomic E-state index is 8.57. The van der Waals surface area contributed by atoms with Gasteiger partial charge in [0.1, 0.15) is 11.9 Å². The summed E-state index contributed by atoms with van der Waals surface area (Å²) < 4.78 is 0. The van der Waals surface area contributed by atoms with E-state index in [0.717, 1.165) is 25.1 Å². The summed E-state index contributed by atoms with van der Waals surface area (Å²) in [7, 11) is 0. The molecular formula is C11H16N4. The summed E-state index contributed by atoms with van der Waals surface area (Å²) in [6, 6.07) is 2.39. The fraction of sp³-hybridized carbons (Fsp3) is 0.545. The largest absolute Gasteiger partial charge is 0.366 e. The van der Waals surface area contributed by atoms with Gasteiger partial charge in [-0.3, -0.25) is 0 Å². The van der Waals surface area contributed by atoms with Crippen LogP contribution in [0.1, 0.15) is 38.8 Å². The smallest absolute Gasteiger partial charge is 0.158 e. The number of anilines is 1. The normalized spacial score (nSPS) is 11.8. The summed E-state index contributed by atoms with van der Waals surface area (Å²) in [5.41, 5.74) is 0.351. The summed E-state index contributed by atoms with van der Waals surface area (Å²) >= 11 is 0. The Labute approximate surface area is 90.4 Å². The second kappa shape index (κ2) is 5.97. The van der Waals surface area contributed by atoms with Crippen molar-refractivity contribution in [1.82, 2.24) is 9.97 Å². The quantitative estimate of drug-likeness (QED) is 0.799. The highest BCUT2D eigenvalue weighted by Crippen LogP contribution is 2.09. The van der Waals surface area contributed by atoms with Gasteiger partial charge in [-0.05, 0) is 12.8 Å². The molecule has 0 amide bonds. The predicted octanol–water partition coefficient (Wildman–Crippen LogP) is 2.34. The standard InChI is InChI=1S/C11H16N4/c1-3-5-9(4-2)15-11-8-13-10(6-12)7-14-11/h7-9H,3-5H2,1-2H3,(H,14,15). The van der Waals surface area contributed by atoms with Crippen LogP contribution in [0.5, 0.6) is 0 Å². The molecule has 4 heteroatoms. The maximum Gasteiger partial charge on any atom is 0.158 e. The zero-order chi connectivity index (χ0) is 11.1. The van der Waals surface area contributed by atoms with Gasteiger partial charge in [-0.1, -0.05) is 20.3 Å². The molecule has 0 aromatic carbocycles. The highest BCUT2D eigenvalue weighted by Gasteiger charge is 2.05. The number of nitrogens with one attached hydrogen (secondary N) is 1. The van der Waals surface area contributed by atoms with Crippen LogP contribution in [0.25, 0.3) is 0 Å². The van der Waals surface area contributed by atoms with Crippen molar-refractivity contribution in [3.63, 3.8) is 0 Å². The van der Waals surface area contributed by atoms with E-state index in [4.69, 9.17) is 5.26 Å². The lowest BCUT2D eigenvalue weighted by molar-refractivity contribution is 0.620. The van der Waals surface area contributed by atoms with Crippen LogP contribution >= 0.6 is 0 Å². The van der Waals surface area contributed by atoms with E-state index in [1.54, 1.807) is 6.20 Å². The Bertz CT molecular complexity index is 325. The number of nitrogens with zero attached hydrogens (tertiary/aromatic N) is 3. The Balaban J connectivity index is 2.59. The predicted molar refractivity (Wildman–Crippen MR) is 59.4 cm³/mol. The van der Waals surface area contributed by atoms with Crippen LogP contribution in [-0.4, -0.2) is 16.0 Å². The zero-order valence-corrected chi connectivity index (χ0v) is 9.20. The summed E-state index contributed by atoms with van der Waals surface area (Å²) in [6.07, 6.45) is 6.43. The number of aromatic nitrogens is 2. The summed E-state index contributed by atoms with van der Waals surface area (Å²) in [6.45, 7) is 4.30. The van der Waals surface area contributed by atoms with Gasteiger partial charge >= 0.3 is 0 Å². The molecule has 1 heterocycles. The van der Waals surface area contributed by atoms with Crippen LogP contribution in [0.15, 0.2) is 12.4 Å². The van der Waals surface area contributed by atoms with Crippen LogP contribution < -0.4 is 5.32 Å². The van der Waals surface area contributed by atoms with Crippen LogP contribution in [0, 0.1) is 11.3 Å². The zero-order valence-electron chi connectivity index (χ0n) is 9.20. The summed E-state index contributed by atoms with van der Waals surface area (Å²) in [5, 5.41) is 11.9. The Hall–Kier alpha value is -1.63. The fourth-order valence-corrected chi connectivity index (χ4v) is 1.40. The molecular weight excluding hydrogens is 188 g/mol. The molecule has 0 saturated heterocycles. The first-order chi connectivity index (χ1) is 7.30. The fourth-order valence-electron chi connectivity index (χ4n) is 1.40. The monoisotopic (exact) mass is 204 g/mol. The Morgan fingerprint density at radius 3 is 2.67 bits per heavy atom. The van der Waals surface area contributed by atoms with Gasteiger partial charge in [0.05, 0.1) is 12.4 Å². The molecule has 0 radical (unpaired) electrons. The number of nitriles is 1. The average Bonchev–Trinajstić information content (AvgIpc) is 2.29. The second-order valence-corrected chi connectivity index (χ2v) is 3.44. The van der Waals surface area contributed by atoms with Gasteiger partial charge in [0.2, 0.25) is 0 Å². The lowest BCUT2D eigenvalue weighted by atomic mass is 10.1. The third-order valence-corrected chi connectivity index (χ3v) is 2.25. The molecule has 1 unspecified atom stereocenters. The van der Waals surface area contributed by atoms with Crippen LogP contribution in [0.3, 0.4) is 0 Å². The average molecular weight is 204 g/mol. The number of rotatable bonds is 5. The first-order valence-corrected chi connectivity index (χ1v) is 5.28. The van der Waals surface area contributed by atoms with Crippen molar-refractivity contribution in [2.75, 3.05) is 5.32 Å². The molecule has 0 aliphatic carbocycles. The van der Waals surface area contributed by atoms with E-state index in [2.05, 4.69) is 29.1 Å². The molecule has 4 nitrogen and oxygen atoms in total. The summed E-state index contributed by atoms with van der Waals surface area (Å²) in [4.78, 5) is 8.08. The van der Waals surface area contributed by atoms with Crippen molar-refractivity contribution in [3.8, 4) is 6.07 Å². The third kappa shape index (κ3) is 3.55. The minimum absolute atomic E-state index is 0.351. The molecule has 15 heavy (non-hydrogen) atoms. The molecule has 1 aromatic rings. The molecule has 0 saturated carbocycles. The van der Waals surface area contributed by atoms with Crippen molar-refractivity contribution in [1.29, 1.82) is 5.26 Å². The molecule has 1 aromatic heterocycles. The molecule has 0 aliphatic rings. The third-order valence-electron chi connectivity index (χ3n) is 2.25. The highest BCUT2D eigenvalue weighted by molar-refractivity contribution is 5.34.